The number of nitrogens with one attached hydrogen (secondary N) is 1. The number of Topliss-reactive ketones (excluding diaryl/α,β-unsaturated/α-hetero) is 1. The fourth-order valence-electron chi connectivity index (χ4n) is 2.87. The van der Waals surface area contributed by atoms with Gasteiger partial charge in [-0.25, -0.2) is 4.39 Å². The summed E-state index contributed by atoms with van der Waals surface area (Å²) in [4.78, 5) is 25.2. The second-order valence-electron chi connectivity index (χ2n) is 6.01. The highest BCUT2D eigenvalue weighted by Crippen LogP contribution is 2.38. The van der Waals surface area contributed by atoms with Crippen LogP contribution >= 0.6 is 23.2 Å². The van der Waals surface area contributed by atoms with E-state index in [0.29, 0.717) is 5.02 Å². The maximum atomic E-state index is 13.1. The van der Waals surface area contributed by atoms with E-state index < -0.39 is 35.3 Å². The van der Waals surface area contributed by atoms with E-state index in [-0.39, 0.29) is 16.3 Å². The van der Waals surface area contributed by atoms with E-state index in [1.54, 1.807) is 0 Å². The van der Waals surface area contributed by atoms with Gasteiger partial charge in [-0.1, -0.05) is 29.3 Å². The molecule has 0 radical (unpaired) electrons. The quantitative estimate of drug-likeness (QED) is 0.687. The SMILES string of the molecule is CC(=O)[C@H](C(=O)Nc1ccc(F)cc1)[C@H](c1ccc(Cl)cc1Cl)C(C#N)C#N. The summed E-state index contributed by atoms with van der Waals surface area (Å²) in [6.45, 7) is 1.19. The number of nitrogens with zero attached hydrogens (tertiary/aromatic N) is 2. The maximum absolute atomic E-state index is 13.1. The summed E-state index contributed by atoms with van der Waals surface area (Å²) in [5.41, 5.74) is 0.553. The lowest BCUT2D eigenvalue weighted by Gasteiger charge is -2.26. The molecule has 1 N–H and O–H groups in total. The molecule has 0 spiro atoms. The highest BCUT2D eigenvalue weighted by atomic mass is 35.5. The van der Waals surface area contributed by atoms with E-state index in [1.165, 1.54) is 37.3 Å². The average Bonchev–Trinajstić information content (AvgIpc) is 2.63. The first-order valence-corrected chi connectivity index (χ1v) is 8.85. The third-order valence-corrected chi connectivity index (χ3v) is 4.71. The van der Waals surface area contributed by atoms with Gasteiger partial charge in [-0.3, -0.25) is 9.59 Å². The smallest absolute Gasteiger partial charge is 0.235 e. The molecule has 0 aliphatic heterocycles. The lowest BCUT2D eigenvalue weighted by molar-refractivity contribution is -0.131. The van der Waals surface area contributed by atoms with Crippen LogP contribution in [-0.4, -0.2) is 11.7 Å². The van der Waals surface area contributed by atoms with Crippen LogP contribution in [0.5, 0.6) is 0 Å². The first kappa shape index (κ1) is 21.4. The molecular weight excluding hydrogens is 404 g/mol. The third-order valence-electron chi connectivity index (χ3n) is 4.15. The Morgan fingerprint density at radius 3 is 2.18 bits per heavy atom. The minimum absolute atomic E-state index is 0.133. The van der Waals surface area contributed by atoms with E-state index in [1.807, 2.05) is 12.1 Å². The molecule has 0 saturated heterocycles. The number of hydrogen-bond acceptors (Lipinski definition) is 4. The van der Waals surface area contributed by atoms with E-state index in [9.17, 15) is 24.5 Å². The van der Waals surface area contributed by atoms with Gasteiger partial charge in [0.15, 0.2) is 0 Å². The lowest BCUT2D eigenvalue weighted by Crippen LogP contribution is -2.36. The van der Waals surface area contributed by atoms with E-state index in [0.717, 1.165) is 12.1 Å². The van der Waals surface area contributed by atoms with Gasteiger partial charge in [-0.2, -0.15) is 10.5 Å². The molecule has 0 saturated carbocycles. The summed E-state index contributed by atoms with van der Waals surface area (Å²) in [6, 6.07) is 13.0. The van der Waals surface area contributed by atoms with Crippen molar-refractivity contribution < 1.29 is 14.0 Å². The second-order valence-corrected chi connectivity index (χ2v) is 6.86. The first-order valence-electron chi connectivity index (χ1n) is 8.09. The third kappa shape index (κ3) is 4.86. The van der Waals surface area contributed by atoms with Gasteiger partial charge in [0, 0.05) is 21.7 Å². The highest BCUT2D eigenvalue weighted by Gasteiger charge is 2.40. The van der Waals surface area contributed by atoms with Crippen molar-refractivity contribution in [2.75, 3.05) is 5.32 Å². The van der Waals surface area contributed by atoms with Crippen molar-refractivity contribution >= 4 is 40.6 Å². The minimum atomic E-state index is -1.37. The molecule has 0 heterocycles. The van der Waals surface area contributed by atoms with Gasteiger partial charge in [0.1, 0.15) is 23.4 Å². The number of ketones is 1. The van der Waals surface area contributed by atoms with Crippen LogP contribution in [0.2, 0.25) is 10.0 Å². The number of carbonyl (C=O) groups is 2. The zero-order valence-electron chi connectivity index (χ0n) is 14.6. The number of rotatable bonds is 6. The fourth-order valence-corrected chi connectivity index (χ4v) is 3.40. The Morgan fingerprint density at radius 1 is 1.07 bits per heavy atom. The van der Waals surface area contributed by atoms with Crippen LogP contribution in [0.1, 0.15) is 18.4 Å². The van der Waals surface area contributed by atoms with Crippen LogP contribution in [0.3, 0.4) is 0 Å². The zero-order valence-corrected chi connectivity index (χ0v) is 16.1. The standard InChI is InChI=1S/C20H14Cl2FN3O2/c1-11(27)18(20(28)26-15-5-3-14(23)4-6-15)19(12(9-24)10-25)16-7-2-13(21)8-17(16)22/h2-8,12,18-19H,1H3,(H,26,28)/t18-,19-/m0/s1. The summed E-state index contributed by atoms with van der Waals surface area (Å²) in [5, 5.41) is 21.8. The van der Waals surface area contributed by atoms with Gasteiger partial charge in [0.2, 0.25) is 5.91 Å². The summed E-state index contributed by atoms with van der Waals surface area (Å²) in [5.74, 6) is -5.56. The number of carbonyl (C=O) groups excluding carboxylic acids is 2. The molecule has 5 nitrogen and oxygen atoms in total. The Morgan fingerprint density at radius 2 is 1.68 bits per heavy atom. The van der Waals surface area contributed by atoms with Gasteiger partial charge >= 0.3 is 0 Å². The number of hydrogen-bond donors (Lipinski definition) is 1. The number of benzene rings is 2. The molecule has 0 unspecified atom stereocenters. The first-order chi connectivity index (χ1) is 13.3. The van der Waals surface area contributed by atoms with E-state index in [4.69, 9.17) is 23.2 Å². The van der Waals surface area contributed by atoms with Gasteiger partial charge < -0.3 is 5.32 Å². The Bertz CT molecular complexity index is 966. The lowest BCUT2D eigenvalue weighted by atomic mass is 9.75. The Hall–Kier alpha value is -2.93. The van der Waals surface area contributed by atoms with Gasteiger partial charge in [-0.05, 0) is 48.9 Å². The molecule has 8 heteroatoms. The summed E-state index contributed by atoms with van der Waals surface area (Å²) < 4.78 is 13.1. The molecule has 0 aliphatic rings. The van der Waals surface area contributed by atoms with Crippen molar-refractivity contribution in [3.05, 3.63) is 63.9 Å². The molecule has 0 fully saturated rings. The van der Waals surface area contributed by atoms with Crippen molar-refractivity contribution in [3.8, 4) is 12.1 Å². The predicted octanol–water partition coefficient (Wildman–Crippen LogP) is 4.72. The van der Waals surface area contributed by atoms with Crippen molar-refractivity contribution in [3.63, 3.8) is 0 Å². The topological polar surface area (TPSA) is 93.8 Å². The molecule has 1 amide bonds. The fraction of sp³-hybridized carbons (Fsp3) is 0.200. The van der Waals surface area contributed by atoms with Crippen molar-refractivity contribution in [2.24, 2.45) is 11.8 Å². The number of nitriles is 2. The van der Waals surface area contributed by atoms with Crippen LogP contribution in [0.4, 0.5) is 10.1 Å². The Balaban J connectivity index is 2.51. The number of halogens is 3. The van der Waals surface area contributed by atoms with Crippen molar-refractivity contribution in [1.82, 2.24) is 0 Å². The summed E-state index contributed by atoms with van der Waals surface area (Å²) >= 11 is 12.1. The summed E-state index contributed by atoms with van der Waals surface area (Å²) in [6.07, 6.45) is 0. The van der Waals surface area contributed by atoms with Crippen molar-refractivity contribution in [2.45, 2.75) is 12.8 Å². The van der Waals surface area contributed by atoms with Gasteiger partial charge in [0.05, 0.1) is 12.1 Å². The molecule has 0 bridgehead atoms. The Labute approximate surface area is 171 Å². The van der Waals surface area contributed by atoms with Crippen LogP contribution in [-0.2, 0) is 9.59 Å². The molecular formula is C20H14Cl2FN3O2. The summed E-state index contributed by atoms with van der Waals surface area (Å²) in [7, 11) is 0. The van der Waals surface area contributed by atoms with Crippen LogP contribution in [0, 0.1) is 40.3 Å². The number of anilines is 1. The van der Waals surface area contributed by atoms with Crippen LogP contribution in [0.25, 0.3) is 0 Å². The highest BCUT2D eigenvalue weighted by molar-refractivity contribution is 6.35. The molecule has 142 valence electrons. The molecule has 28 heavy (non-hydrogen) atoms. The largest absolute Gasteiger partial charge is 0.325 e. The molecule has 0 aliphatic carbocycles. The van der Waals surface area contributed by atoms with Gasteiger partial charge in [-0.15, -0.1) is 0 Å². The Kier molecular flexibility index (Phi) is 7.12. The monoisotopic (exact) mass is 417 g/mol. The molecule has 0 aromatic heterocycles. The minimum Gasteiger partial charge on any atom is -0.325 e. The van der Waals surface area contributed by atoms with Crippen LogP contribution in [0.15, 0.2) is 42.5 Å². The maximum Gasteiger partial charge on any atom is 0.235 e. The average molecular weight is 418 g/mol. The molecule has 2 atom stereocenters. The second kappa shape index (κ2) is 9.32. The molecule has 2 aromatic rings. The van der Waals surface area contributed by atoms with Gasteiger partial charge in [0.25, 0.3) is 0 Å². The normalized spacial score (nSPS) is 12.5. The molecule has 2 rings (SSSR count). The van der Waals surface area contributed by atoms with E-state index in [2.05, 4.69) is 5.32 Å². The van der Waals surface area contributed by atoms with Crippen LogP contribution < -0.4 is 5.32 Å². The predicted molar refractivity (Wildman–Crippen MR) is 103 cm³/mol. The zero-order chi connectivity index (χ0) is 20.8. The van der Waals surface area contributed by atoms with Crippen molar-refractivity contribution in [1.29, 1.82) is 10.5 Å². The van der Waals surface area contributed by atoms with E-state index >= 15 is 0 Å². The number of amides is 1. The molecule has 2 aromatic carbocycles.